The Balaban J connectivity index is 0.869. The van der Waals surface area contributed by atoms with Crippen LogP contribution in [0.4, 0.5) is 5.69 Å². The van der Waals surface area contributed by atoms with Crippen LogP contribution in [-0.2, 0) is 108 Å². The van der Waals surface area contributed by atoms with Crippen molar-refractivity contribution < 1.29 is 131 Å². The summed E-state index contributed by atoms with van der Waals surface area (Å²) in [5.41, 5.74) is 17.2. The summed E-state index contributed by atoms with van der Waals surface area (Å²) >= 11 is 5.50. The summed E-state index contributed by atoms with van der Waals surface area (Å²) in [7, 11) is 0. The molecule has 0 aromatic heterocycles. The number of nitrogens with one attached hydrogen (secondary N) is 16. The topological polar surface area (TPSA) is 731 Å². The maximum Gasteiger partial charge on any atom is 0.340 e. The van der Waals surface area contributed by atoms with E-state index >= 15 is 0 Å². The smallest absolute Gasteiger partial charge is 0.340 e. The van der Waals surface area contributed by atoms with Gasteiger partial charge in [0, 0.05) is 73.5 Å². The van der Waals surface area contributed by atoms with Gasteiger partial charge >= 0.3 is 17.9 Å². The average molecular weight is 1860 g/mol. The Hall–Kier alpha value is -14.4. The number of carbonyl (C=O) groups is 18. The lowest BCUT2D eigenvalue weighted by molar-refractivity contribution is -0.143. The van der Waals surface area contributed by atoms with E-state index in [0.717, 1.165) is 11.8 Å². The number of guanidine groups is 1. The Morgan fingerprint density at radius 3 is 1.86 bits per heavy atom. The molecule has 4 heterocycles. The number of hydrogen-bond acceptors (Lipinski definition) is 27. The van der Waals surface area contributed by atoms with E-state index in [1.54, 1.807) is 88.4 Å². The first-order valence-corrected chi connectivity index (χ1v) is 42.6. The normalized spacial score (nSPS) is 18.5. The summed E-state index contributed by atoms with van der Waals surface area (Å²) in [4.78, 5) is 247. The second kappa shape index (κ2) is 48.3. The number of fused-ring (bicyclic) bond motifs is 6. The van der Waals surface area contributed by atoms with Gasteiger partial charge in [0.25, 0.3) is 0 Å². The fourth-order valence-corrected chi connectivity index (χ4v) is 14.8. The van der Waals surface area contributed by atoms with Gasteiger partial charge in [0.15, 0.2) is 16.7 Å². The van der Waals surface area contributed by atoms with Gasteiger partial charge in [0.05, 0.1) is 51.3 Å². The third-order valence-electron chi connectivity index (χ3n) is 21.4. The van der Waals surface area contributed by atoms with E-state index in [0.29, 0.717) is 27.9 Å². The summed E-state index contributed by atoms with van der Waals surface area (Å²) in [5, 5.41) is 95.2. The Bertz CT molecular complexity index is 4950. The number of ether oxygens (including phenoxy) is 4. The zero-order chi connectivity index (χ0) is 97.0. The van der Waals surface area contributed by atoms with Crippen LogP contribution in [0.3, 0.4) is 0 Å². The van der Waals surface area contributed by atoms with Gasteiger partial charge in [-0.1, -0.05) is 64.1 Å². The predicted octanol–water partition coefficient (Wildman–Crippen LogP) is -5.25. The fourth-order valence-electron chi connectivity index (χ4n) is 14.6. The van der Waals surface area contributed by atoms with Crippen LogP contribution < -0.4 is 102 Å². The van der Waals surface area contributed by atoms with Crippen molar-refractivity contribution in [1.29, 1.82) is 5.41 Å². The Kier molecular flexibility index (Phi) is 37.7. The van der Waals surface area contributed by atoms with Gasteiger partial charge in [-0.3, -0.25) is 86.9 Å². The molecule has 2 fully saturated rings. The van der Waals surface area contributed by atoms with Crippen LogP contribution in [0.25, 0.3) is 0 Å². The molecule has 0 aliphatic carbocycles. The molecule has 714 valence electrons. The third-order valence-corrected chi connectivity index (χ3v) is 21.6. The molecule has 15 amide bonds. The molecule has 2 saturated heterocycles. The van der Waals surface area contributed by atoms with Gasteiger partial charge in [-0.2, -0.15) is 0 Å². The number of anilines is 1. The van der Waals surface area contributed by atoms with E-state index in [2.05, 4.69) is 74.4 Å². The molecule has 12 atom stereocenters. The molecular formula is C84H110N20O27S. The average Bonchev–Trinajstić information content (AvgIpc) is 1.53. The Morgan fingerprint density at radius 1 is 0.629 bits per heavy atom. The highest BCUT2D eigenvalue weighted by Crippen LogP contribution is 2.57. The quantitative estimate of drug-likeness (QED) is 0.00648. The molecule has 0 radical (unpaired) electrons. The van der Waals surface area contributed by atoms with Gasteiger partial charge in [-0.15, -0.1) is 0 Å². The summed E-state index contributed by atoms with van der Waals surface area (Å²) < 4.78 is 23.2. The molecule has 48 heteroatoms. The first kappa shape index (κ1) is 103. The van der Waals surface area contributed by atoms with E-state index in [1.165, 1.54) is 24.3 Å². The molecule has 1 spiro atoms. The number of hydrogen-bond donors (Lipinski definition) is 24. The largest absolute Gasteiger partial charge is 0.508 e. The minimum Gasteiger partial charge on any atom is -0.508 e. The predicted molar refractivity (Wildman–Crippen MR) is 466 cm³/mol. The van der Waals surface area contributed by atoms with Crippen molar-refractivity contribution in [2.75, 3.05) is 64.5 Å². The van der Waals surface area contributed by atoms with E-state index in [4.69, 9.17) is 53.8 Å². The number of carboxylic acid groups (broad SMARTS) is 2. The molecular weight excluding hydrogens is 1750 g/mol. The number of rotatable bonds is 42. The van der Waals surface area contributed by atoms with Crippen LogP contribution in [0.15, 0.2) is 84.9 Å². The number of likely N-dealkylation sites (tertiary alicyclic amines) is 1. The molecule has 0 saturated carbocycles. The van der Waals surface area contributed by atoms with Crippen molar-refractivity contribution in [3.05, 3.63) is 113 Å². The zero-order valence-electron chi connectivity index (χ0n) is 72.6. The van der Waals surface area contributed by atoms with Gasteiger partial charge in [-0.05, 0) is 111 Å². The number of benzene rings is 4. The van der Waals surface area contributed by atoms with Gasteiger partial charge < -0.3 is 146 Å². The summed E-state index contributed by atoms with van der Waals surface area (Å²) in [6.07, 6.45) is -5.08. The molecule has 0 bridgehead atoms. The van der Waals surface area contributed by atoms with Gasteiger partial charge in [0.2, 0.25) is 88.6 Å². The first-order valence-electron chi connectivity index (χ1n) is 42.1. The van der Waals surface area contributed by atoms with Crippen LogP contribution in [0.1, 0.15) is 131 Å². The molecule has 27 N–H and O–H groups in total. The second-order valence-electron chi connectivity index (χ2n) is 32.1. The van der Waals surface area contributed by atoms with Crippen molar-refractivity contribution in [2.24, 2.45) is 29.0 Å². The molecule has 4 aliphatic rings. The van der Waals surface area contributed by atoms with Gasteiger partial charge in [0.1, 0.15) is 102 Å². The molecule has 4 aliphatic heterocycles. The Morgan fingerprint density at radius 2 is 1.23 bits per heavy atom. The van der Waals surface area contributed by atoms with Crippen LogP contribution in [-0.4, -0.2) is 280 Å². The number of aliphatic carboxylic acids is 2. The summed E-state index contributed by atoms with van der Waals surface area (Å²) in [6, 6.07) is 1.55. The highest BCUT2D eigenvalue weighted by Gasteiger charge is 2.54. The van der Waals surface area contributed by atoms with Crippen molar-refractivity contribution in [3.8, 4) is 23.0 Å². The first-order chi connectivity index (χ1) is 62.6. The number of nitrogens with two attached hydrogens (primary N) is 3. The number of phenolic OH excluding ortho intramolecular Hbond substituents is 2. The summed E-state index contributed by atoms with van der Waals surface area (Å²) in [6.45, 7) is 5.28. The van der Waals surface area contributed by atoms with Crippen LogP contribution in [0, 0.1) is 17.2 Å². The fraction of sp³-hybridized carbons (Fsp3) is 0.476. The molecule has 4 aromatic rings. The number of aliphatic hydroxyl groups excluding tert-OH is 1. The van der Waals surface area contributed by atoms with E-state index in [1.807, 2.05) is 5.32 Å². The Labute approximate surface area is 760 Å². The second-order valence-corrected chi connectivity index (χ2v) is 32.5. The summed E-state index contributed by atoms with van der Waals surface area (Å²) in [5.74, 6) is -21.6. The van der Waals surface area contributed by atoms with Crippen molar-refractivity contribution in [1.82, 2.24) is 79.3 Å². The highest BCUT2D eigenvalue weighted by atomic mass is 32.1. The van der Waals surface area contributed by atoms with Gasteiger partial charge in [-0.25, -0.2) is 4.79 Å². The molecule has 0 unspecified atom stereocenters. The number of phenols is 2. The highest BCUT2D eigenvalue weighted by molar-refractivity contribution is 7.80. The number of aromatic hydroxyl groups is 2. The van der Waals surface area contributed by atoms with E-state index in [-0.39, 0.29) is 105 Å². The number of thiocarbonyl (C=S) groups is 1. The number of carbonyl (C=O) groups excluding carboxylic acids is 16. The maximum atomic E-state index is 14.9. The van der Waals surface area contributed by atoms with Crippen molar-refractivity contribution in [3.63, 3.8) is 0 Å². The lowest BCUT2D eigenvalue weighted by Crippen LogP contribution is -2.62. The number of nitrogens with zero attached hydrogens (tertiary/aromatic N) is 1. The number of amides is 15. The lowest BCUT2D eigenvalue weighted by Gasteiger charge is -2.36. The number of esters is 1. The zero-order valence-corrected chi connectivity index (χ0v) is 73.4. The number of primary amides is 2. The van der Waals surface area contributed by atoms with Crippen LogP contribution in [0.2, 0.25) is 0 Å². The molecule has 8 rings (SSSR count). The standard InChI is InChI=1S/C84H110N20O27S/c1-40(2)67(102-73(119)51(13-9-24-90-82(87)88)95-77(123)58(38-105)94-64(110)39-129-30-29-128-28-26-91-83(132)93-44-15-18-48-47(32-44)81(127)131-84(48)49-19-16-45(106)33-60(49)130-61-34-46(107)17-20-50(61)84)79(125)103-68(41(3)4)80(126)104-27-10-14-59(104)78(124)97-53-23-25-89-63(109)35-56(76(122)101-57(37-66(113)114)74(120)92-42(5)70(116)98-54(69(86)115)36-65(111)112)100-75(121)55(31-43-11-7-6-8-12-43)99-71(117)52(96-72(53)118)21-22-62(85)108/h6-8,11-12,15-20,32-34,40-42,51-59,67-68,105-107H,9-10,13-14,21-31,35-39H2,1-5H3,(H2,85,108)(H2,86,115)(H,89,109)(H,92,120)(H,94,110)(H,95,123)(H,96,118)(H,97,124)(H,98,116)(H,99,117)(H,100,121)(H,101,122)(H,102,119)(H,103,125)(H,111,112)(H,113,114)(H4,87,88,90)(H2,91,93,132)/t42-,51-,52-,53-,54-,55-,56+,57-,58-,59-,67-,68-/m0/s1. The minimum atomic E-state index is -2.09. The van der Waals surface area contributed by atoms with E-state index in [9.17, 15) is 112 Å². The van der Waals surface area contributed by atoms with E-state index < -0.39 is 261 Å². The third kappa shape index (κ3) is 29.0. The van der Waals surface area contributed by atoms with Crippen molar-refractivity contribution >= 4 is 135 Å². The lowest BCUT2D eigenvalue weighted by atomic mass is 9.77. The maximum absolute atomic E-state index is 14.9. The minimum absolute atomic E-state index is 0.0178. The number of carboxylic acids is 2. The van der Waals surface area contributed by atoms with Crippen LogP contribution >= 0.6 is 12.2 Å². The number of aliphatic hydroxyl groups is 1. The van der Waals surface area contributed by atoms with Crippen molar-refractivity contribution in [2.45, 2.75) is 183 Å². The van der Waals surface area contributed by atoms with Crippen LogP contribution in [0.5, 0.6) is 23.0 Å². The molecule has 47 nitrogen and oxygen atoms in total. The SMILES string of the molecule is CC(C)[C@H](NC(=O)[C@H](CCCNC(=N)N)NC(=O)[C@H](CO)NC(=O)COCCOCCNC(=S)Nc1ccc2c(c1)C(=O)OC21c2ccc(O)cc2Oc2cc(O)ccc21)C(=O)N[C@H](C(=O)N1CCC[C@H]1C(=O)N[C@H]1CCNC(=O)C[C@H](C(=O)N[C@@H](CC(=O)O)C(=O)N[C@@H](C)C(=O)N[C@@H](CC(=O)O)C(N)=O)NC(=O)[C@H](Cc2ccccc2)NC(=O)[C@H](CCC(N)=O)NC1=O)C(C)C. The molecule has 4 aromatic carbocycles. The monoisotopic (exact) mass is 1860 g/mol. The molecule has 132 heavy (non-hydrogen) atoms.